The highest BCUT2D eigenvalue weighted by molar-refractivity contribution is 7.13. The molecule has 1 aromatic carbocycles. The zero-order valence-corrected chi connectivity index (χ0v) is 30.7. The summed E-state index contributed by atoms with van der Waals surface area (Å²) in [5, 5.41) is 21.9. The Morgan fingerprint density at radius 1 is 1.00 bits per heavy atom. The number of hydrogen-bond acceptors (Lipinski definition) is 11. The fraction of sp³-hybridized carbons (Fsp3) is 0.351. The number of benzene rings is 1. The molecule has 0 bridgehead atoms. The summed E-state index contributed by atoms with van der Waals surface area (Å²) < 4.78 is 1.78. The zero-order valence-electron chi connectivity index (χ0n) is 29.8. The molecule has 1 fully saturated rings. The van der Waals surface area contributed by atoms with E-state index in [1.54, 1.807) is 22.9 Å². The van der Waals surface area contributed by atoms with Gasteiger partial charge in [-0.15, -0.1) is 11.3 Å². The Balaban J connectivity index is 1.52. The third kappa shape index (κ3) is 8.45. The molecule has 5 heterocycles. The second-order valence-corrected chi connectivity index (χ2v) is 13.9. The predicted molar refractivity (Wildman–Crippen MR) is 206 cm³/mol. The largest absolute Gasteiger partial charge is 0.477 e. The van der Waals surface area contributed by atoms with Crippen molar-refractivity contribution in [3.8, 4) is 33.0 Å². The Kier molecular flexibility index (Phi) is 11.5. The summed E-state index contributed by atoms with van der Waals surface area (Å²) in [4.78, 5) is 60.0. The monoisotopic (exact) mass is 724 g/mol. The minimum absolute atomic E-state index is 0.186. The second-order valence-electron chi connectivity index (χ2n) is 13.0. The first-order chi connectivity index (χ1) is 25.1. The number of urea groups is 1. The van der Waals surface area contributed by atoms with Gasteiger partial charge < -0.3 is 30.1 Å². The number of aromatic carboxylic acids is 1. The van der Waals surface area contributed by atoms with Gasteiger partial charge >= 0.3 is 12.0 Å². The van der Waals surface area contributed by atoms with Crippen LogP contribution in [-0.4, -0.2) is 125 Å². The Morgan fingerprint density at radius 2 is 1.77 bits per heavy atom. The molecule has 4 N–H and O–H groups in total. The lowest BCUT2D eigenvalue weighted by Crippen LogP contribution is -2.45. The quantitative estimate of drug-likeness (QED) is 0.137. The third-order valence-electron chi connectivity index (χ3n) is 8.96. The number of rotatable bonds is 13. The van der Waals surface area contributed by atoms with Crippen molar-refractivity contribution >= 4 is 46.0 Å². The maximum absolute atomic E-state index is 13.9. The molecular formula is C37H44N10O4S. The van der Waals surface area contributed by atoms with E-state index in [9.17, 15) is 19.5 Å². The predicted octanol–water partition coefficient (Wildman–Crippen LogP) is 4.31. The molecule has 14 nitrogen and oxygen atoms in total. The van der Waals surface area contributed by atoms with Gasteiger partial charge in [-0.1, -0.05) is 30.3 Å². The number of thiazole rings is 1. The summed E-state index contributed by atoms with van der Waals surface area (Å²) in [5.74, 6) is -0.469. The average Bonchev–Trinajstić information content (AvgIpc) is 3.63. The van der Waals surface area contributed by atoms with E-state index in [0.29, 0.717) is 71.7 Å². The molecule has 0 radical (unpaired) electrons. The van der Waals surface area contributed by atoms with Crippen LogP contribution in [0, 0.1) is 0 Å². The molecule has 1 saturated heterocycles. The maximum Gasteiger partial charge on any atom is 0.341 e. The SMILES string of the molecule is CCNC(=O)Nc1cc(-c2nc(-c3ccccc3)cs2)c(-c2cc3c(=O)c(C(=O)O)cn(CCN4CCN(C)CC4)c3nc2NCCN(C)C)cn1. The standard InChI is InChI=1S/C37H44N10O4S/c1-5-38-37(51)42-31-20-26(35-41-30(23-52-35)24-9-7-6-8-10-24)28(21-40-31)25-19-27-32(48)29(36(49)50)22-47(18-17-46-15-13-45(4)14-16-46)34(27)43-33(25)39-11-12-44(2)3/h6-10,19-23H,5,11-18H2,1-4H3,(H,39,43)(H,49,50)(H2,38,40,42,51). The van der Waals surface area contributed by atoms with Crippen molar-refractivity contribution in [1.29, 1.82) is 0 Å². The lowest BCUT2D eigenvalue weighted by molar-refractivity contribution is 0.0694. The highest BCUT2D eigenvalue weighted by atomic mass is 32.1. The Morgan fingerprint density at radius 3 is 2.48 bits per heavy atom. The van der Waals surface area contributed by atoms with Crippen LogP contribution in [0.3, 0.4) is 0 Å². The van der Waals surface area contributed by atoms with Gasteiger partial charge in [-0.2, -0.15) is 0 Å². The van der Waals surface area contributed by atoms with Crippen molar-refractivity contribution in [2.75, 3.05) is 84.1 Å². The van der Waals surface area contributed by atoms with E-state index in [-0.39, 0.29) is 10.9 Å². The summed E-state index contributed by atoms with van der Waals surface area (Å²) in [7, 11) is 6.06. The number of carbonyl (C=O) groups is 2. The van der Waals surface area contributed by atoms with E-state index in [2.05, 4.69) is 37.8 Å². The van der Waals surface area contributed by atoms with Gasteiger partial charge in [0.2, 0.25) is 5.43 Å². The van der Waals surface area contributed by atoms with Crippen LogP contribution in [0.15, 0.2) is 65.0 Å². The van der Waals surface area contributed by atoms with Gasteiger partial charge in [0.05, 0.1) is 11.1 Å². The van der Waals surface area contributed by atoms with Gasteiger partial charge in [0.1, 0.15) is 27.9 Å². The maximum atomic E-state index is 13.9. The molecule has 0 atom stereocenters. The molecule has 6 rings (SSSR count). The highest BCUT2D eigenvalue weighted by Crippen LogP contribution is 2.40. The van der Waals surface area contributed by atoms with Gasteiger partial charge in [0, 0.05) is 98.9 Å². The summed E-state index contributed by atoms with van der Waals surface area (Å²) in [6.07, 6.45) is 3.04. The lowest BCUT2D eigenvalue weighted by Gasteiger charge is -2.32. The lowest BCUT2D eigenvalue weighted by atomic mass is 10.0. The molecule has 0 spiro atoms. The number of piperazine rings is 1. The summed E-state index contributed by atoms with van der Waals surface area (Å²) in [5.41, 5.74) is 3.03. The van der Waals surface area contributed by atoms with Crippen LogP contribution < -0.4 is 21.4 Å². The molecule has 15 heteroatoms. The number of anilines is 2. The van der Waals surface area contributed by atoms with Crippen molar-refractivity contribution in [3.05, 3.63) is 76.0 Å². The fourth-order valence-electron chi connectivity index (χ4n) is 6.07. The molecule has 5 aromatic rings. The van der Waals surface area contributed by atoms with Gasteiger partial charge in [-0.3, -0.25) is 15.0 Å². The molecule has 0 unspecified atom stereocenters. The number of hydrogen-bond donors (Lipinski definition) is 4. The highest BCUT2D eigenvalue weighted by Gasteiger charge is 2.23. The smallest absolute Gasteiger partial charge is 0.341 e. The summed E-state index contributed by atoms with van der Waals surface area (Å²) >= 11 is 1.44. The zero-order chi connectivity index (χ0) is 36.8. The first-order valence-corrected chi connectivity index (χ1v) is 18.2. The molecule has 1 aliphatic heterocycles. The number of aromatic nitrogens is 4. The number of nitrogens with one attached hydrogen (secondary N) is 3. The first kappa shape index (κ1) is 36.6. The Bertz CT molecular complexity index is 2110. The van der Waals surface area contributed by atoms with Gasteiger partial charge in [-0.25, -0.2) is 24.5 Å². The first-order valence-electron chi connectivity index (χ1n) is 17.3. The molecule has 0 saturated carbocycles. The van der Waals surface area contributed by atoms with Crippen LogP contribution in [0.1, 0.15) is 17.3 Å². The van der Waals surface area contributed by atoms with E-state index in [4.69, 9.17) is 9.97 Å². The average molecular weight is 725 g/mol. The molecule has 2 amide bonds. The molecule has 0 aliphatic carbocycles. The number of likely N-dealkylation sites (N-methyl/N-ethyl adjacent to an activating group) is 2. The van der Waals surface area contributed by atoms with Crippen LogP contribution in [0.4, 0.5) is 16.4 Å². The molecule has 52 heavy (non-hydrogen) atoms. The minimum Gasteiger partial charge on any atom is -0.477 e. The number of carboxylic acids is 1. The third-order valence-corrected chi connectivity index (χ3v) is 9.84. The van der Waals surface area contributed by atoms with Gasteiger partial charge in [-0.05, 0) is 40.2 Å². The van der Waals surface area contributed by atoms with Gasteiger partial charge in [0.25, 0.3) is 0 Å². The van der Waals surface area contributed by atoms with Crippen molar-refractivity contribution < 1.29 is 14.7 Å². The van der Waals surface area contributed by atoms with E-state index in [1.807, 2.05) is 61.6 Å². The number of carboxylic acid groups (broad SMARTS) is 1. The summed E-state index contributed by atoms with van der Waals surface area (Å²) in [6, 6.07) is 12.9. The molecule has 4 aromatic heterocycles. The van der Waals surface area contributed by atoms with Crippen molar-refractivity contribution in [2.24, 2.45) is 0 Å². The number of carbonyl (C=O) groups excluding carboxylic acids is 1. The molecular weight excluding hydrogens is 681 g/mol. The molecule has 272 valence electrons. The number of fused-ring (bicyclic) bond motifs is 1. The Labute approximate surface area is 306 Å². The van der Waals surface area contributed by atoms with Crippen LogP contribution in [0.2, 0.25) is 0 Å². The van der Waals surface area contributed by atoms with Gasteiger partial charge in [0.15, 0.2) is 0 Å². The van der Waals surface area contributed by atoms with Crippen LogP contribution >= 0.6 is 11.3 Å². The molecule has 1 aliphatic rings. The van der Waals surface area contributed by atoms with Crippen molar-refractivity contribution in [2.45, 2.75) is 13.5 Å². The topological polar surface area (TPSA) is 161 Å². The van der Waals surface area contributed by atoms with Crippen LogP contribution in [-0.2, 0) is 6.54 Å². The van der Waals surface area contributed by atoms with Crippen LogP contribution in [0.5, 0.6) is 0 Å². The fourth-order valence-corrected chi connectivity index (χ4v) is 6.93. The van der Waals surface area contributed by atoms with E-state index in [1.165, 1.54) is 17.5 Å². The number of nitrogens with zero attached hydrogens (tertiary/aromatic N) is 7. The Hall–Kier alpha value is -5.22. The minimum atomic E-state index is -1.30. The van der Waals surface area contributed by atoms with Crippen molar-refractivity contribution in [1.82, 2.24) is 39.5 Å². The van der Waals surface area contributed by atoms with Crippen molar-refractivity contribution in [3.63, 3.8) is 0 Å². The van der Waals surface area contributed by atoms with E-state index < -0.39 is 17.4 Å². The van der Waals surface area contributed by atoms with E-state index >= 15 is 0 Å². The number of amides is 2. The van der Waals surface area contributed by atoms with Crippen LogP contribution in [0.25, 0.3) is 44.0 Å². The summed E-state index contributed by atoms with van der Waals surface area (Å²) in [6.45, 7) is 8.37. The van der Waals surface area contributed by atoms with E-state index in [0.717, 1.165) is 37.4 Å². The normalized spacial score (nSPS) is 13.8. The number of pyridine rings is 3. The second kappa shape index (κ2) is 16.4.